The molecule has 0 spiro atoms. The summed E-state index contributed by atoms with van der Waals surface area (Å²) in [6, 6.07) is 4.99. The molecule has 2 aromatic rings. The van der Waals surface area contributed by atoms with Gasteiger partial charge in [0.15, 0.2) is 0 Å². The van der Waals surface area contributed by atoms with Gasteiger partial charge in [-0.05, 0) is 18.2 Å². The van der Waals surface area contributed by atoms with Crippen LogP contribution in [0.4, 0.5) is 13.2 Å². The van der Waals surface area contributed by atoms with Gasteiger partial charge in [-0.2, -0.15) is 13.2 Å². The second kappa shape index (κ2) is 4.38. The molecule has 3 rings (SSSR count). The van der Waals surface area contributed by atoms with Crippen molar-refractivity contribution >= 4 is 0 Å². The molecule has 1 aromatic heterocycles. The standard InChI is InChI=1S/C13H11F3N2O/c14-13(15,16)10-3-1-2-8(4-10)12-18-11(7-19-12)9-5-17-6-9/h1-4,7,9,17H,5-6H2. The van der Waals surface area contributed by atoms with Crippen molar-refractivity contribution in [3.05, 3.63) is 41.8 Å². The lowest BCUT2D eigenvalue weighted by Crippen LogP contribution is -2.40. The molecule has 0 aliphatic carbocycles. The van der Waals surface area contributed by atoms with Gasteiger partial charge < -0.3 is 9.73 Å². The summed E-state index contributed by atoms with van der Waals surface area (Å²) in [5.41, 5.74) is 0.426. The van der Waals surface area contributed by atoms with Crippen molar-refractivity contribution in [1.29, 1.82) is 0 Å². The summed E-state index contributed by atoms with van der Waals surface area (Å²) in [6.07, 6.45) is -2.84. The Labute approximate surface area is 107 Å². The van der Waals surface area contributed by atoms with Crippen LogP contribution in [0.2, 0.25) is 0 Å². The number of oxazole rings is 1. The van der Waals surface area contributed by atoms with E-state index in [1.54, 1.807) is 6.07 Å². The highest BCUT2D eigenvalue weighted by atomic mass is 19.4. The molecular formula is C13H11F3N2O. The highest BCUT2D eigenvalue weighted by Crippen LogP contribution is 2.32. The van der Waals surface area contributed by atoms with Crippen molar-refractivity contribution in [3.63, 3.8) is 0 Å². The Bertz CT molecular complexity index is 588. The van der Waals surface area contributed by atoms with Crippen molar-refractivity contribution in [3.8, 4) is 11.5 Å². The van der Waals surface area contributed by atoms with Crippen molar-refractivity contribution in [2.75, 3.05) is 13.1 Å². The second-order valence-corrected chi connectivity index (χ2v) is 4.51. The third-order valence-corrected chi connectivity index (χ3v) is 3.16. The van der Waals surface area contributed by atoms with Gasteiger partial charge in [0.2, 0.25) is 5.89 Å². The van der Waals surface area contributed by atoms with Crippen LogP contribution in [-0.2, 0) is 6.18 Å². The fourth-order valence-corrected chi connectivity index (χ4v) is 1.93. The lowest BCUT2D eigenvalue weighted by Gasteiger charge is -2.24. The Morgan fingerprint density at radius 1 is 1.26 bits per heavy atom. The van der Waals surface area contributed by atoms with Gasteiger partial charge in [-0.1, -0.05) is 6.07 Å². The Morgan fingerprint density at radius 2 is 2.05 bits per heavy atom. The van der Waals surface area contributed by atoms with Crippen LogP contribution in [0.15, 0.2) is 34.9 Å². The summed E-state index contributed by atoms with van der Waals surface area (Å²) in [6.45, 7) is 1.66. The predicted octanol–water partition coefficient (Wildman–Crippen LogP) is 3.05. The number of halogens is 3. The minimum atomic E-state index is -4.36. The smallest absolute Gasteiger partial charge is 0.416 e. The molecule has 3 nitrogen and oxygen atoms in total. The van der Waals surface area contributed by atoms with Crippen molar-refractivity contribution in [2.45, 2.75) is 12.1 Å². The molecule has 1 aromatic carbocycles. The highest BCUT2D eigenvalue weighted by molar-refractivity contribution is 5.55. The molecule has 0 bridgehead atoms. The van der Waals surface area contributed by atoms with Crippen LogP contribution in [0.3, 0.4) is 0 Å². The van der Waals surface area contributed by atoms with Gasteiger partial charge in [0.05, 0.1) is 11.3 Å². The highest BCUT2D eigenvalue weighted by Gasteiger charge is 2.31. The van der Waals surface area contributed by atoms with E-state index in [0.29, 0.717) is 11.5 Å². The van der Waals surface area contributed by atoms with Crippen LogP contribution < -0.4 is 5.32 Å². The lowest BCUT2D eigenvalue weighted by molar-refractivity contribution is -0.137. The largest absolute Gasteiger partial charge is 0.444 e. The third kappa shape index (κ3) is 2.35. The number of rotatable bonds is 2. The number of alkyl halides is 3. The summed E-state index contributed by atoms with van der Waals surface area (Å²) in [5, 5.41) is 3.11. The Hall–Kier alpha value is -1.82. The molecule has 1 fully saturated rings. The topological polar surface area (TPSA) is 38.1 Å². The first-order valence-electron chi connectivity index (χ1n) is 5.88. The molecule has 6 heteroatoms. The van der Waals surface area contributed by atoms with Crippen LogP contribution in [-0.4, -0.2) is 18.1 Å². The maximum absolute atomic E-state index is 12.6. The van der Waals surface area contributed by atoms with Crippen molar-refractivity contribution in [2.24, 2.45) is 0 Å². The van der Waals surface area contributed by atoms with Crippen molar-refractivity contribution in [1.82, 2.24) is 10.3 Å². The molecule has 100 valence electrons. The predicted molar refractivity (Wildman–Crippen MR) is 62.6 cm³/mol. The van der Waals surface area contributed by atoms with Gasteiger partial charge in [0, 0.05) is 24.6 Å². The Kier molecular flexibility index (Phi) is 2.82. The molecule has 0 saturated carbocycles. The van der Waals surface area contributed by atoms with E-state index in [2.05, 4.69) is 10.3 Å². The fourth-order valence-electron chi connectivity index (χ4n) is 1.93. The van der Waals surface area contributed by atoms with E-state index in [1.165, 1.54) is 12.3 Å². The van der Waals surface area contributed by atoms with E-state index in [0.717, 1.165) is 30.9 Å². The zero-order valence-corrected chi connectivity index (χ0v) is 9.87. The third-order valence-electron chi connectivity index (χ3n) is 3.16. The van der Waals surface area contributed by atoms with Crippen LogP contribution in [0.5, 0.6) is 0 Å². The van der Waals surface area contributed by atoms with Gasteiger partial charge in [0.25, 0.3) is 0 Å². The van der Waals surface area contributed by atoms with Gasteiger partial charge in [0.1, 0.15) is 6.26 Å². The molecule has 0 atom stereocenters. The number of benzene rings is 1. The first-order valence-corrected chi connectivity index (χ1v) is 5.88. The minimum Gasteiger partial charge on any atom is -0.444 e. The molecule has 1 N–H and O–H groups in total. The molecule has 19 heavy (non-hydrogen) atoms. The SMILES string of the molecule is FC(F)(F)c1cccc(-c2nc(C3CNC3)co2)c1. The van der Waals surface area contributed by atoms with E-state index in [-0.39, 0.29) is 5.89 Å². The number of aromatic nitrogens is 1. The lowest BCUT2D eigenvalue weighted by atomic mass is 10.0. The zero-order valence-electron chi connectivity index (χ0n) is 9.87. The van der Waals surface area contributed by atoms with Crippen molar-refractivity contribution < 1.29 is 17.6 Å². The van der Waals surface area contributed by atoms with Crippen LogP contribution in [0, 0.1) is 0 Å². The molecule has 0 unspecified atom stereocenters. The van der Waals surface area contributed by atoms with E-state index in [9.17, 15) is 13.2 Å². The van der Waals surface area contributed by atoms with Crippen LogP contribution in [0.1, 0.15) is 17.2 Å². The average Bonchev–Trinajstić information content (AvgIpc) is 2.75. The fraction of sp³-hybridized carbons (Fsp3) is 0.308. The Morgan fingerprint density at radius 3 is 2.68 bits per heavy atom. The Balaban J connectivity index is 1.91. The summed E-state index contributed by atoms with van der Waals surface area (Å²) in [4.78, 5) is 4.25. The number of hydrogen-bond donors (Lipinski definition) is 1. The molecule has 0 amide bonds. The first kappa shape index (κ1) is 12.2. The van der Waals surface area contributed by atoms with E-state index in [1.807, 2.05) is 0 Å². The average molecular weight is 268 g/mol. The monoisotopic (exact) mass is 268 g/mol. The van der Waals surface area contributed by atoms with E-state index in [4.69, 9.17) is 4.42 Å². The molecule has 1 aliphatic heterocycles. The molecule has 1 saturated heterocycles. The summed E-state index contributed by atoms with van der Waals surface area (Å²) in [5.74, 6) is 0.524. The molecule has 2 heterocycles. The number of nitrogens with one attached hydrogen (secondary N) is 1. The molecule has 0 radical (unpaired) electrons. The second-order valence-electron chi connectivity index (χ2n) is 4.51. The quantitative estimate of drug-likeness (QED) is 0.909. The normalized spacial score (nSPS) is 16.4. The summed E-state index contributed by atoms with van der Waals surface area (Å²) >= 11 is 0. The zero-order chi connectivity index (χ0) is 13.5. The van der Waals surface area contributed by atoms with Gasteiger partial charge >= 0.3 is 6.18 Å². The minimum absolute atomic E-state index is 0.230. The van der Waals surface area contributed by atoms with Gasteiger partial charge in [-0.3, -0.25) is 0 Å². The van der Waals surface area contributed by atoms with E-state index < -0.39 is 11.7 Å². The maximum atomic E-state index is 12.6. The molecule has 1 aliphatic rings. The first-order chi connectivity index (χ1) is 9.04. The maximum Gasteiger partial charge on any atom is 0.416 e. The van der Waals surface area contributed by atoms with Gasteiger partial charge in [-0.15, -0.1) is 0 Å². The van der Waals surface area contributed by atoms with Crippen LogP contribution >= 0.6 is 0 Å². The number of hydrogen-bond acceptors (Lipinski definition) is 3. The summed E-state index contributed by atoms with van der Waals surface area (Å²) in [7, 11) is 0. The van der Waals surface area contributed by atoms with E-state index >= 15 is 0 Å². The molecular weight excluding hydrogens is 257 g/mol. The number of nitrogens with zero attached hydrogens (tertiary/aromatic N) is 1. The van der Waals surface area contributed by atoms with Crippen LogP contribution in [0.25, 0.3) is 11.5 Å². The summed E-state index contributed by atoms with van der Waals surface area (Å²) < 4.78 is 43.1. The van der Waals surface area contributed by atoms with Gasteiger partial charge in [-0.25, -0.2) is 4.98 Å².